The van der Waals surface area contributed by atoms with E-state index in [2.05, 4.69) is 10.3 Å². The molecule has 1 aromatic heterocycles. The van der Waals surface area contributed by atoms with E-state index in [4.69, 9.17) is 28.9 Å². The summed E-state index contributed by atoms with van der Waals surface area (Å²) in [4.78, 5) is 86.3. The SMILES string of the molecule is CC(C)C[C@H](NC(=O)[C@@H](CC(=O)c1ccccn1)Cc1ccccc1)B1Oc2ccc(N(C)C(=O)OCCCC(=O)NC(C(=O)O)P(=O)(O)O)cc2O1. The first kappa shape index (κ1) is 40.5. The molecule has 3 atom stereocenters. The molecule has 1 aliphatic heterocycles. The van der Waals surface area contributed by atoms with Crippen LogP contribution in [-0.2, 0) is 30.1 Å². The monoisotopic (exact) mass is 752 g/mol. The van der Waals surface area contributed by atoms with Gasteiger partial charge in [-0.05, 0) is 55.0 Å². The number of carboxylic acid groups (broad SMARTS) is 1. The van der Waals surface area contributed by atoms with Crippen LogP contribution in [0, 0.1) is 11.8 Å². The van der Waals surface area contributed by atoms with Crippen LogP contribution in [0.2, 0.25) is 0 Å². The Labute approximate surface area is 306 Å². The van der Waals surface area contributed by atoms with Crippen molar-refractivity contribution in [1.82, 2.24) is 15.6 Å². The third-order valence-corrected chi connectivity index (χ3v) is 9.20. The lowest BCUT2D eigenvalue weighted by molar-refractivity contribution is -0.139. The van der Waals surface area contributed by atoms with Gasteiger partial charge in [-0.3, -0.25) is 28.8 Å². The second kappa shape index (κ2) is 18.5. The molecule has 5 N–H and O–H groups in total. The van der Waals surface area contributed by atoms with Crippen LogP contribution in [0.25, 0.3) is 0 Å². The van der Waals surface area contributed by atoms with E-state index in [0.29, 0.717) is 30.0 Å². The molecule has 2 aromatic carbocycles. The fraction of sp³-hybridized carbons (Fsp3) is 0.371. The van der Waals surface area contributed by atoms with Gasteiger partial charge < -0.3 is 39.6 Å². The number of hydrogen-bond donors (Lipinski definition) is 5. The molecule has 4 rings (SSSR count). The predicted molar refractivity (Wildman–Crippen MR) is 192 cm³/mol. The lowest BCUT2D eigenvalue weighted by Crippen LogP contribution is -2.53. The quantitative estimate of drug-likeness (QED) is 0.0542. The smallest absolute Gasteiger partial charge is 0.522 e. The topological polar surface area (TPSA) is 231 Å². The van der Waals surface area contributed by atoms with Crippen LogP contribution in [-0.4, -0.2) is 82.0 Å². The van der Waals surface area contributed by atoms with E-state index in [9.17, 15) is 28.5 Å². The fourth-order valence-corrected chi connectivity index (χ4v) is 6.10. The summed E-state index contributed by atoms with van der Waals surface area (Å²) in [5.41, 5.74) is 1.55. The van der Waals surface area contributed by atoms with E-state index in [1.807, 2.05) is 44.2 Å². The minimum absolute atomic E-state index is 0.0474. The van der Waals surface area contributed by atoms with E-state index in [1.165, 1.54) is 18.1 Å². The molecule has 0 bridgehead atoms. The van der Waals surface area contributed by atoms with E-state index >= 15 is 0 Å². The summed E-state index contributed by atoms with van der Waals surface area (Å²) in [5.74, 6) is -6.26. The molecule has 53 heavy (non-hydrogen) atoms. The number of anilines is 1. The second-order valence-corrected chi connectivity index (χ2v) is 14.6. The molecule has 3 aromatic rings. The van der Waals surface area contributed by atoms with Crippen LogP contribution in [0.3, 0.4) is 0 Å². The summed E-state index contributed by atoms with van der Waals surface area (Å²) in [7, 11) is -4.59. The van der Waals surface area contributed by atoms with Gasteiger partial charge in [-0.25, -0.2) is 9.59 Å². The second-order valence-electron chi connectivity index (χ2n) is 12.9. The van der Waals surface area contributed by atoms with E-state index in [0.717, 1.165) is 5.56 Å². The Morgan fingerprint density at radius 1 is 0.962 bits per heavy atom. The van der Waals surface area contributed by atoms with Crippen molar-refractivity contribution in [1.29, 1.82) is 0 Å². The molecular formula is C35H42BN4O12P. The average molecular weight is 753 g/mol. The number of nitrogens with one attached hydrogen (secondary N) is 2. The molecule has 1 aliphatic rings. The average Bonchev–Trinajstić information content (AvgIpc) is 3.55. The Hall–Kier alpha value is -5.25. The van der Waals surface area contributed by atoms with Gasteiger partial charge in [0, 0.05) is 38.1 Å². The third-order valence-electron chi connectivity index (χ3n) is 8.18. The molecular weight excluding hydrogens is 710 g/mol. The van der Waals surface area contributed by atoms with Crippen molar-refractivity contribution < 1.29 is 57.5 Å². The number of benzene rings is 2. The first-order valence-electron chi connectivity index (χ1n) is 16.9. The molecule has 1 unspecified atom stereocenters. The van der Waals surface area contributed by atoms with Gasteiger partial charge in [-0.15, -0.1) is 0 Å². The minimum Gasteiger partial charge on any atom is -0.522 e. The van der Waals surface area contributed by atoms with Gasteiger partial charge in [0.1, 0.15) is 17.2 Å². The number of hydrogen-bond acceptors (Lipinski definition) is 10. The van der Waals surface area contributed by atoms with Gasteiger partial charge in [-0.2, -0.15) is 0 Å². The van der Waals surface area contributed by atoms with Crippen molar-refractivity contribution in [3.8, 4) is 11.5 Å². The Morgan fingerprint density at radius 2 is 1.66 bits per heavy atom. The van der Waals surface area contributed by atoms with Crippen LogP contribution in [0.1, 0.15) is 55.6 Å². The maximum atomic E-state index is 13.9. The standard InChI is InChI=1S/C35H42BN4O12P/c1-22(2)18-30(38-32(43)24(19-23-10-5-4-6-11-23)20-27(41)26-12-7-8-16-37-26)36-51-28-15-14-25(21-29(28)52-36)40(3)35(46)50-17-9-13-31(42)39-33(34(44)45)53(47,48)49/h4-8,10-12,14-16,21-22,24,30,33H,9,13,17-20H2,1-3H3,(H,38,43)(H,39,42)(H,44,45)(H2,47,48,49)/t24-,30+,33?/m1/s1. The molecule has 282 valence electrons. The lowest BCUT2D eigenvalue weighted by Gasteiger charge is -2.24. The van der Waals surface area contributed by atoms with Crippen molar-refractivity contribution in [2.75, 3.05) is 18.6 Å². The third kappa shape index (κ3) is 11.9. The first-order chi connectivity index (χ1) is 25.1. The minimum atomic E-state index is -5.12. The Kier molecular flexibility index (Phi) is 14.1. The molecule has 18 heteroatoms. The Bertz CT molecular complexity index is 1810. The zero-order valence-electron chi connectivity index (χ0n) is 29.4. The molecule has 16 nitrogen and oxygen atoms in total. The number of aromatic nitrogens is 1. The summed E-state index contributed by atoms with van der Waals surface area (Å²) in [5, 5.41) is 13.8. The molecule has 0 saturated carbocycles. The number of fused-ring (bicyclic) bond motifs is 1. The van der Waals surface area contributed by atoms with Crippen molar-refractivity contribution in [2.24, 2.45) is 11.8 Å². The summed E-state index contributed by atoms with van der Waals surface area (Å²) in [6, 6.07) is 19.2. The normalized spacial score (nSPS) is 13.8. The summed E-state index contributed by atoms with van der Waals surface area (Å²) in [6.07, 6.45) is 1.11. The van der Waals surface area contributed by atoms with Gasteiger partial charge in [0.2, 0.25) is 17.6 Å². The molecule has 0 aliphatic carbocycles. The van der Waals surface area contributed by atoms with E-state index in [-0.39, 0.29) is 49.2 Å². The Morgan fingerprint density at radius 3 is 2.30 bits per heavy atom. The molecule has 2 heterocycles. The molecule has 0 saturated heterocycles. The maximum absolute atomic E-state index is 13.9. The molecule has 0 radical (unpaired) electrons. The van der Waals surface area contributed by atoms with Crippen LogP contribution in [0.15, 0.2) is 72.9 Å². The van der Waals surface area contributed by atoms with Gasteiger partial charge in [0.05, 0.1) is 18.2 Å². The van der Waals surface area contributed by atoms with Gasteiger partial charge in [0.15, 0.2) is 5.78 Å². The lowest BCUT2D eigenvalue weighted by atomic mass is 9.73. The maximum Gasteiger partial charge on any atom is 0.618 e. The van der Waals surface area contributed by atoms with Gasteiger partial charge >= 0.3 is 26.8 Å². The molecule has 0 spiro atoms. The van der Waals surface area contributed by atoms with Crippen molar-refractivity contribution in [3.63, 3.8) is 0 Å². The largest absolute Gasteiger partial charge is 0.618 e. The number of ether oxygens (including phenoxy) is 1. The number of rotatable bonds is 18. The highest BCUT2D eigenvalue weighted by Crippen LogP contribution is 2.40. The van der Waals surface area contributed by atoms with Gasteiger partial charge in [0.25, 0.3) is 0 Å². The predicted octanol–water partition coefficient (Wildman–Crippen LogP) is 3.60. The molecule has 0 fully saturated rings. The molecule has 3 amide bonds. The van der Waals surface area contributed by atoms with Crippen LogP contribution >= 0.6 is 7.60 Å². The number of ketones is 1. The fourth-order valence-electron chi connectivity index (χ4n) is 5.50. The van der Waals surface area contributed by atoms with Crippen molar-refractivity contribution in [2.45, 2.75) is 57.7 Å². The number of carboxylic acids is 1. The van der Waals surface area contributed by atoms with Crippen LogP contribution < -0.4 is 24.8 Å². The van der Waals surface area contributed by atoms with E-state index < -0.39 is 50.3 Å². The van der Waals surface area contributed by atoms with Crippen molar-refractivity contribution >= 4 is 50.1 Å². The number of aliphatic carboxylic acids is 1. The number of carbonyl (C=O) groups excluding carboxylic acids is 4. The summed E-state index contributed by atoms with van der Waals surface area (Å²) >= 11 is 0. The van der Waals surface area contributed by atoms with Crippen LogP contribution in [0.5, 0.6) is 11.5 Å². The highest BCUT2D eigenvalue weighted by atomic mass is 31.2. The van der Waals surface area contributed by atoms with Crippen LogP contribution in [0.4, 0.5) is 10.5 Å². The van der Waals surface area contributed by atoms with E-state index in [1.54, 1.807) is 41.7 Å². The number of amides is 3. The van der Waals surface area contributed by atoms with Crippen molar-refractivity contribution in [3.05, 3.63) is 84.2 Å². The summed E-state index contributed by atoms with van der Waals surface area (Å²) in [6.45, 7) is 3.74. The van der Waals surface area contributed by atoms with Gasteiger partial charge in [-0.1, -0.05) is 50.2 Å². The first-order valence-corrected chi connectivity index (χ1v) is 18.5. The number of pyridine rings is 1. The highest BCUT2D eigenvalue weighted by molar-refractivity contribution is 7.53. The highest BCUT2D eigenvalue weighted by Gasteiger charge is 2.43. The Balaban J connectivity index is 1.37. The zero-order chi connectivity index (χ0) is 38.7. The number of nitrogens with zero attached hydrogens (tertiary/aromatic N) is 2. The number of Topliss-reactive ketones (excluding diaryl/α,β-unsaturated/α-hetero) is 1. The summed E-state index contributed by atoms with van der Waals surface area (Å²) < 4.78 is 28.7. The zero-order valence-corrected chi connectivity index (χ0v) is 30.3. The number of carbonyl (C=O) groups is 5.